The molecule has 0 aliphatic carbocycles. The Kier molecular flexibility index (Phi) is 5.81. The van der Waals surface area contributed by atoms with Crippen molar-refractivity contribution in [2.45, 2.75) is 26.7 Å². The predicted octanol–water partition coefficient (Wildman–Crippen LogP) is 2.77. The second kappa shape index (κ2) is 7.82. The van der Waals surface area contributed by atoms with E-state index < -0.39 is 0 Å². The average molecular weight is 304 g/mol. The van der Waals surface area contributed by atoms with E-state index in [1.165, 1.54) is 0 Å². The van der Waals surface area contributed by atoms with Crippen LogP contribution in [0.4, 0.5) is 4.79 Å². The van der Waals surface area contributed by atoms with Crippen LogP contribution in [0, 0.1) is 5.92 Å². The highest BCUT2D eigenvalue weighted by Gasteiger charge is 2.23. The molecule has 0 aromatic heterocycles. The molecule has 5 nitrogen and oxygen atoms in total. The fraction of sp³-hybridized carbons (Fsp3) is 0.529. The zero-order valence-corrected chi connectivity index (χ0v) is 13.3. The normalized spacial score (nSPS) is 15.6. The molecule has 0 N–H and O–H groups in total. The maximum Gasteiger partial charge on any atom is 0.415 e. The number of nitrogens with zero attached hydrogens (tertiary/aromatic N) is 2. The second-order valence-corrected chi connectivity index (χ2v) is 6.00. The molecular formula is C17H24N2O3. The maximum absolute atomic E-state index is 12.2. The number of benzene rings is 1. The molecule has 1 aromatic rings. The molecule has 120 valence electrons. The van der Waals surface area contributed by atoms with Crippen molar-refractivity contribution in [3.8, 4) is 5.75 Å². The zero-order chi connectivity index (χ0) is 15.9. The van der Waals surface area contributed by atoms with Gasteiger partial charge in [-0.3, -0.25) is 4.79 Å². The molecule has 22 heavy (non-hydrogen) atoms. The van der Waals surface area contributed by atoms with Gasteiger partial charge in [-0.15, -0.1) is 0 Å². The van der Waals surface area contributed by atoms with E-state index in [4.69, 9.17) is 4.74 Å². The van der Waals surface area contributed by atoms with Crippen molar-refractivity contribution >= 4 is 12.0 Å². The van der Waals surface area contributed by atoms with Crippen molar-refractivity contribution in [3.05, 3.63) is 30.3 Å². The van der Waals surface area contributed by atoms with Crippen molar-refractivity contribution < 1.29 is 14.3 Å². The summed E-state index contributed by atoms with van der Waals surface area (Å²) in [5.41, 5.74) is 0. The summed E-state index contributed by atoms with van der Waals surface area (Å²) >= 11 is 0. The summed E-state index contributed by atoms with van der Waals surface area (Å²) in [4.78, 5) is 27.8. The smallest absolute Gasteiger partial charge is 0.410 e. The van der Waals surface area contributed by atoms with Gasteiger partial charge in [-0.25, -0.2) is 4.79 Å². The van der Waals surface area contributed by atoms with Crippen molar-refractivity contribution in [1.29, 1.82) is 0 Å². The first kappa shape index (κ1) is 16.3. The van der Waals surface area contributed by atoms with Crippen molar-refractivity contribution in [1.82, 2.24) is 9.80 Å². The Morgan fingerprint density at radius 2 is 1.68 bits per heavy atom. The van der Waals surface area contributed by atoms with Gasteiger partial charge in [0, 0.05) is 32.6 Å². The van der Waals surface area contributed by atoms with Crippen molar-refractivity contribution in [2.75, 3.05) is 26.2 Å². The SMILES string of the molecule is CC(C)CC(=O)N1CCCN(C(=O)Oc2ccccc2)CC1. The van der Waals surface area contributed by atoms with E-state index in [0.29, 0.717) is 44.3 Å². The van der Waals surface area contributed by atoms with Crippen molar-refractivity contribution in [2.24, 2.45) is 5.92 Å². The molecule has 0 saturated carbocycles. The molecule has 0 atom stereocenters. The first-order valence-corrected chi connectivity index (χ1v) is 7.86. The van der Waals surface area contributed by atoms with E-state index >= 15 is 0 Å². The Labute approximate surface area is 131 Å². The van der Waals surface area contributed by atoms with Gasteiger partial charge in [0.05, 0.1) is 0 Å². The van der Waals surface area contributed by atoms with Crippen LogP contribution in [0.3, 0.4) is 0 Å². The van der Waals surface area contributed by atoms with Crippen LogP contribution < -0.4 is 4.74 Å². The maximum atomic E-state index is 12.2. The number of hydrogen-bond donors (Lipinski definition) is 0. The lowest BCUT2D eigenvalue weighted by Gasteiger charge is -2.22. The van der Waals surface area contributed by atoms with Gasteiger partial charge in [-0.2, -0.15) is 0 Å². The minimum Gasteiger partial charge on any atom is -0.410 e. The molecule has 2 amide bonds. The van der Waals surface area contributed by atoms with Gasteiger partial charge in [-0.1, -0.05) is 32.0 Å². The standard InChI is InChI=1S/C17H24N2O3/c1-14(2)13-16(20)18-9-6-10-19(12-11-18)17(21)22-15-7-4-3-5-8-15/h3-5,7-8,14H,6,9-13H2,1-2H3. The third-order valence-electron chi connectivity index (χ3n) is 3.64. The number of para-hydroxylation sites is 1. The van der Waals surface area contributed by atoms with Crippen LogP contribution in [0.25, 0.3) is 0 Å². The molecule has 1 aromatic carbocycles. The minimum absolute atomic E-state index is 0.174. The summed E-state index contributed by atoms with van der Waals surface area (Å²) in [6.07, 6.45) is 1.01. The van der Waals surface area contributed by atoms with Crippen LogP contribution in [-0.2, 0) is 4.79 Å². The van der Waals surface area contributed by atoms with Gasteiger partial charge in [-0.05, 0) is 24.5 Å². The first-order valence-electron chi connectivity index (χ1n) is 7.86. The Bertz CT molecular complexity index is 502. The Hall–Kier alpha value is -2.04. The lowest BCUT2D eigenvalue weighted by atomic mass is 10.1. The summed E-state index contributed by atoms with van der Waals surface area (Å²) < 4.78 is 5.35. The average Bonchev–Trinajstić information content (AvgIpc) is 2.73. The highest BCUT2D eigenvalue weighted by atomic mass is 16.6. The molecule has 5 heteroatoms. The fourth-order valence-electron chi connectivity index (χ4n) is 2.48. The van der Waals surface area contributed by atoms with Crippen LogP contribution in [0.5, 0.6) is 5.75 Å². The molecule has 0 unspecified atom stereocenters. The highest BCUT2D eigenvalue weighted by molar-refractivity contribution is 5.76. The highest BCUT2D eigenvalue weighted by Crippen LogP contribution is 2.13. The number of ether oxygens (including phenoxy) is 1. The molecule has 1 aliphatic heterocycles. The van der Waals surface area contributed by atoms with E-state index in [-0.39, 0.29) is 12.0 Å². The van der Waals surface area contributed by atoms with E-state index in [1.54, 1.807) is 17.0 Å². The van der Waals surface area contributed by atoms with Crippen molar-refractivity contribution in [3.63, 3.8) is 0 Å². The van der Waals surface area contributed by atoms with Gasteiger partial charge in [0.2, 0.25) is 5.91 Å². The second-order valence-electron chi connectivity index (χ2n) is 6.00. The van der Waals surface area contributed by atoms with Gasteiger partial charge < -0.3 is 14.5 Å². The number of carbonyl (C=O) groups is 2. The van der Waals surface area contributed by atoms with E-state index in [1.807, 2.05) is 36.9 Å². The largest absolute Gasteiger partial charge is 0.415 e. The molecular weight excluding hydrogens is 280 g/mol. The Morgan fingerprint density at radius 1 is 1.05 bits per heavy atom. The lowest BCUT2D eigenvalue weighted by molar-refractivity contribution is -0.131. The van der Waals surface area contributed by atoms with E-state index in [0.717, 1.165) is 6.42 Å². The predicted molar refractivity (Wildman–Crippen MR) is 84.7 cm³/mol. The third-order valence-corrected chi connectivity index (χ3v) is 3.64. The summed E-state index contributed by atoms with van der Waals surface area (Å²) in [6.45, 7) is 6.52. The number of carbonyl (C=O) groups excluding carboxylic acids is 2. The fourth-order valence-corrected chi connectivity index (χ4v) is 2.48. The van der Waals surface area contributed by atoms with Crippen LogP contribution in [0.15, 0.2) is 30.3 Å². The van der Waals surface area contributed by atoms with Gasteiger partial charge >= 0.3 is 6.09 Å². The lowest BCUT2D eigenvalue weighted by Crippen LogP contribution is -2.38. The minimum atomic E-state index is -0.343. The number of amides is 2. The van der Waals surface area contributed by atoms with Crippen LogP contribution in [0.2, 0.25) is 0 Å². The Balaban J connectivity index is 1.87. The molecule has 1 heterocycles. The topological polar surface area (TPSA) is 49.9 Å². The molecule has 1 fully saturated rings. The summed E-state index contributed by atoms with van der Waals surface area (Å²) in [5, 5.41) is 0. The van der Waals surface area contributed by atoms with Crippen LogP contribution in [-0.4, -0.2) is 48.0 Å². The zero-order valence-electron chi connectivity index (χ0n) is 13.3. The summed E-state index contributed by atoms with van der Waals surface area (Å²) in [7, 11) is 0. The van der Waals surface area contributed by atoms with Gasteiger partial charge in [0.1, 0.15) is 5.75 Å². The number of hydrogen-bond acceptors (Lipinski definition) is 3. The molecule has 0 radical (unpaired) electrons. The van der Waals surface area contributed by atoms with Crippen LogP contribution >= 0.6 is 0 Å². The molecule has 1 saturated heterocycles. The van der Waals surface area contributed by atoms with Crippen LogP contribution in [0.1, 0.15) is 26.7 Å². The van der Waals surface area contributed by atoms with Gasteiger partial charge in [0.25, 0.3) is 0 Å². The molecule has 1 aliphatic rings. The van der Waals surface area contributed by atoms with E-state index in [9.17, 15) is 9.59 Å². The summed E-state index contributed by atoms with van der Waals surface area (Å²) in [6, 6.07) is 9.05. The third kappa shape index (κ3) is 4.76. The van der Waals surface area contributed by atoms with Gasteiger partial charge in [0.15, 0.2) is 0 Å². The first-order chi connectivity index (χ1) is 10.6. The summed E-state index contributed by atoms with van der Waals surface area (Å²) in [5.74, 6) is 1.08. The quantitative estimate of drug-likeness (QED) is 0.863. The molecule has 0 bridgehead atoms. The molecule has 0 spiro atoms. The van der Waals surface area contributed by atoms with E-state index in [2.05, 4.69) is 0 Å². The monoisotopic (exact) mass is 304 g/mol. The Morgan fingerprint density at radius 3 is 2.36 bits per heavy atom. The number of rotatable bonds is 3. The molecule has 2 rings (SSSR count).